The number of unbranched alkanes of at least 4 members (excludes halogenated alkanes) is 1. The number of carbonyl (C=O) groups excluding carboxylic acids is 1. The Morgan fingerprint density at radius 3 is 2.76 bits per heavy atom. The molecule has 1 aromatic rings. The summed E-state index contributed by atoms with van der Waals surface area (Å²) >= 11 is 1.46. The van der Waals surface area contributed by atoms with Crippen molar-refractivity contribution < 1.29 is 13.6 Å². The van der Waals surface area contributed by atoms with E-state index >= 15 is 0 Å². The molecule has 0 aliphatic carbocycles. The molecular formula is C14H21F2N3OS. The van der Waals surface area contributed by atoms with Crippen LogP contribution in [0.3, 0.4) is 0 Å². The number of alkyl halides is 2. The van der Waals surface area contributed by atoms with Crippen molar-refractivity contribution in [2.45, 2.75) is 45.0 Å². The second-order valence-electron chi connectivity index (χ2n) is 5.48. The minimum atomic E-state index is -2.48. The summed E-state index contributed by atoms with van der Waals surface area (Å²) in [6.07, 6.45) is 3.71. The van der Waals surface area contributed by atoms with E-state index in [1.807, 2.05) is 6.92 Å². The average molecular weight is 317 g/mol. The summed E-state index contributed by atoms with van der Waals surface area (Å²) in [4.78, 5) is 18.9. The number of hydrogen-bond acceptors (Lipinski definition) is 4. The minimum absolute atomic E-state index is 0.0328. The van der Waals surface area contributed by atoms with Crippen LogP contribution >= 0.6 is 11.3 Å². The number of anilines is 1. The van der Waals surface area contributed by atoms with Crippen molar-refractivity contribution in [1.29, 1.82) is 0 Å². The van der Waals surface area contributed by atoms with Gasteiger partial charge in [0, 0.05) is 43.4 Å². The molecule has 0 aromatic carbocycles. The molecule has 1 aliphatic heterocycles. The zero-order valence-electron chi connectivity index (χ0n) is 12.2. The Hall–Kier alpha value is -1.08. The van der Waals surface area contributed by atoms with Gasteiger partial charge in [-0.25, -0.2) is 13.8 Å². The maximum Gasteiger partial charge on any atom is 0.250 e. The molecule has 0 bridgehead atoms. The lowest BCUT2D eigenvalue weighted by Gasteiger charge is -2.31. The van der Waals surface area contributed by atoms with Crippen molar-refractivity contribution in [3.63, 3.8) is 0 Å². The number of amides is 1. The summed E-state index contributed by atoms with van der Waals surface area (Å²) in [6, 6.07) is 0. The van der Waals surface area contributed by atoms with Gasteiger partial charge in [-0.2, -0.15) is 0 Å². The average Bonchev–Trinajstić information content (AvgIpc) is 2.81. The van der Waals surface area contributed by atoms with Gasteiger partial charge in [-0.05, 0) is 26.3 Å². The number of aryl methyl sites for hydroxylation is 1. The molecule has 1 aliphatic rings. The quantitative estimate of drug-likeness (QED) is 0.819. The Morgan fingerprint density at radius 2 is 2.14 bits per heavy atom. The number of thiazole rings is 1. The number of rotatable bonds is 6. The zero-order valence-corrected chi connectivity index (χ0v) is 13.0. The van der Waals surface area contributed by atoms with E-state index in [4.69, 9.17) is 0 Å². The van der Waals surface area contributed by atoms with E-state index in [-0.39, 0.29) is 18.7 Å². The van der Waals surface area contributed by atoms with Gasteiger partial charge in [0.25, 0.3) is 5.92 Å². The number of carbonyl (C=O) groups is 1. The van der Waals surface area contributed by atoms with Crippen molar-refractivity contribution in [3.05, 3.63) is 11.1 Å². The number of hydrogen-bond donors (Lipinski definition) is 1. The topological polar surface area (TPSA) is 45.2 Å². The van der Waals surface area contributed by atoms with Crippen molar-refractivity contribution in [2.75, 3.05) is 25.0 Å². The highest BCUT2D eigenvalue weighted by atomic mass is 32.1. The monoisotopic (exact) mass is 317 g/mol. The molecule has 1 amide bonds. The Balaban J connectivity index is 1.56. The van der Waals surface area contributed by atoms with Crippen molar-refractivity contribution >= 4 is 22.4 Å². The van der Waals surface area contributed by atoms with Gasteiger partial charge in [0.2, 0.25) is 5.91 Å². The van der Waals surface area contributed by atoms with Gasteiger partial charge in [0.15, 0.2) is 5.13 Å². The highest BCUT2D eigenvalue weighted by Gasteiger charge is 2.33. The Kier molecular flexibility index (Phi) is 5.64. The lowest BCUT2D eigenvalue weighted by Crippen LogP contribution is -2.39. The predicted octanol–water partition coefficient (Wildman–Crippen LogP) is 3.29. The molecular weight excluding hydrogens is 296 g/mol. The standard InChI is InChI=1S/C14H21F2N3OS/c1-11-10-17-13(21-11)18-12(20)4-2-3-7-19-8-5-14(15,16)6-9-19/h10H,2-9H2,1H3,(H,17,18,20). The minimum Gasteiger partial charge on any atom is -0.303 e. The van der Waals surface area contributed by atoms with Gasteiger partial charge < -0.3 is 10.2 Å². The van der Waals surface area contributed by atoms with Crippen LogP contribution in [0.25, 0.3) is 0 Å². The number of halogens is 2. The van der Waals surface area contributed by atoms with Crippen LogP contribution in [0.5, 0.6) is 0 Å². The van der Waals surface area contributed by atoms with Crippen LogP contribution in [0.4, 0.5) is 13.9 Å². The van der Waals surface area contributed by atoms with Crippen LogP contribution in [0, 0.1) is 6.92 Å². The van der Waals surface area contributed by atoms with Crippen LogP contribution in [-0.2, 0) is 4.79 Å². The third-order valence-corrected chi connectivity index (χ3v) is 4.41. The lowest BCUT2D eigenvalue weighted by atomic mass is 10.1. The first-order chi connectivity index (χ1) is 9.94. The van der Waals surface area contributed by atoms with Gasteiger partial charge in [0.05, 0.1) is 0 Å². The molecule has 0 unspecified atom stereocenters. The smallest absolute Gasteiger partial charge is 0.250 e. The molecule has 2 heterocycles. The highest BCUT2D eigenvalue weighted by molar-refractivity contribution is 7.15. The first-order valence-corrected chi connectivity index (χ1v) is 8.09. The first kappa shape index (κ1) is 16.3. The summed E-state index contributed by atoms with van der Waals surface area (Å²) in [5, 5.41) is 3.40. The Bertz CT molecular complexity index is 469. The molecule has 1 saturated heterocycles. The normalized spacial score (nSPS) is 18.6. The van der Waals surface area contributed by atoms with E-state index in [0.29, 0.717) is 24.6 Å². The fraction of sp³-hybridized carbons (Fsp3) is 0.714. The van der Waals surface area contributed by atoms with E-state index < -0.39 is 5.92 Å². The largest absolute Gasteiger partial charge is 0.303 e. The fourth-order valence-corrected chi connectivity index (χ4v) is 3.00. The molecule has 1 aromatic heterocycles. The van der Waals surface area contributed by atoms with E-state index in [2.05, 4.69) is 15.2 Å². The summed E-state index contributed by atoms with van der Waals surface area (Å²) < 4.78 is 26.0. The maximum atomic E-state index is 13.0. The van der Waals surface area contributed by atoms with E-state index in [1.165, 1.54) is 11.3 Å². The molecule has 4 nitrogen and oxygen atoms in total. The van der Waals surface area contributed by atoms with Gasteiger partial charge in [0.1, 0.15) is 0 Å². The van der Waals surface area contributed by atoms with Gasteiger partial charge in [-0.15, -0.1) is 11.3 Å². The summed E-state index contributed by atoms with van der Waals surface area (Å²) in [5.41, 5.74) is 0. The third-order valence-electron chi connectivity index (χ3n) is 3.58. The molecule has 0 spiro atoms. The van der Waals surface area contributed by atoms with Crippen molar-refractivity contribution in [3.8, 4) is 0 Å². The molecule has 0 saturated carbocycles. The van der Waals surface area contributed by atoms with Gasteiger partial charge in [-0.1, -0.05) is 0 Å². The number of aromatic nitrogens is 1. The lowest BCUT2D eigenvalue weighted by molar-refractivity contribution is -0.116. The number of nitrogens with one attached hydrogen (secondary N) is 1. The molecule has 2 rings (SSSR count). The van der Waals surface area contributed by atoms with E-state index in [9.17, 15) is 13.6 Å². The second-order valence-corrected chi connectivity index (χ2v) is 6.71. The van der Waals surface area contributed by atoms with Crippen LogP contribution in [0.1, 0.15) is 37.0 Å². The Morgan fingerprint density at radius 1 is 1.43 bits per heavy atom. The summed E-state index contributed by atoms with van der Waals surface area (Å²) in [7, 11) is 0. The van der Waals surface area contributed by atoms with Crippen LogP contribution in [-0.4, -0.2) is 41.3 Å². The second kappa shape index (κ2) is 7.26. The van der Waals surface area contributed by atoms with Crippen LogP contribution in [0.2, 0.25) is 0 Å². The molecule has 21 heavy (non-hydrogen) atoms. The molecule has 0 radical (unpaired) electrons. The fourth-order valence-electron chi connectivity index (χ4n) is 2.32. The van der Waals surface area contributed by atoms with Gasteiger partial charge >= 0.3 is 0 Å². The zero-order chi connectivity index (χ0) is 15.3. The van der Waals surface area contributed by atoms with E-state index in [0.717, 1.165) is 24.3 Å². The molecule has 7 heteroatoms. The molecule has 118 valence electrons. The van der Waals surface area contributed by atoms with Crippen LogP contribution < -0.4 is 5.32 Å². The number of nitrogens with zero attached hydrogens (tertiary/aromatic N) is 2. The predicted molar refractivity (Wildman–Crippen MR) is 80.0 cm³/mol. The van der Waals surface area contributed by atoms with Gasteiger partial charge in [-0.3, -0.25) is 4.79 Å². The van der Waals surface area contributed by atoms with Crippen LogP contribution in [0.15, 0.2) is 6.20 Å². The van der Waals surface area contributed by atoms with Crippen molar-refractivity contribution in [1.82, 2.24) is 9.88 Å². The maximum absolute atomic E-state index is 13.0. The molecule has 1 fully saturated rings. The first-order valence-electron chi connectivity index (χ1n) is 7.27. The SMILES string of the molecule is Cc1cnc(NC(=O)CCCCN2CCC(F)(F)CC2)s1. The van der Waals surface area contributed by atoms with E-state index in [1.54, 1.807) is 6.20 Å². The number of piperidine rings is 1. The number of likely N-dealkylation sites (tertiary alicyclic amines) is 1. The molecule has 1 N–H and O–H groups in total. The van der Waals surface area contributed by atoms with Crippen molar-refractivity contribution in [2.24, 2.45) is 0 Å². The Labute approximate surface area is 127 Å². The third kappa shape index (κ3) is 5.67. The highest BCUT2D eigenvalue weighted by Crippen LogP contribution is 2.27. The summed E-state index contributed by atoms with van der Waals surface area (Å²) in [5.74, 6) is -2.52. The summed E-state index contributed by atoms with van der Waals surface area (Å²) in [6.45, 7) is 3.64. The molecule has 0 atom stereocenters.